The molecule has 15 heteroatoms. The second-order valence-electron chi connectivity index (χ2n) is 14.5. The maximum Gasteiger partial charge on any atom is 0.194 e. The van der Waals surface area contributed by atoms with Gasteiger partial charge in [-0.2, -0.15) is 0 Å². The van der Waals surface area contributed by atoms with Crippen LogP contribution >= 0.6 is 34.8 Å². The topological polar surface area (TPSA) is 184 Å². The van der Waals surface area contributed by atoms with Gasteiger partial charge in [-0.15, -0.1) is 11.6 Å². The fourth-order valence-electron chi connectivity index (χ4n) is 7.27. The summed E-state index contributed by atoms with van der Waals surface area (Å²) in [7, 11) is 0. The summed E-state index contributed by atoms with van der Waals surface area (Å²) in [6.45, 7) is 4.54. The van der Waals surface area contributed by atoms with Crippen molar-refractivity contribution in [2.45, 2.75) is 26.3 Å². The van der Waals surface area contributed by atoms with Crippen LogP contribution in [0.1, 0.15) is 22.3 Å². The maximum absolute atomic E-state index is 12.3. The number of hydrogen-bond donors (Lipinski definition) is 3. The van der Waals surface area contributed by atoms with E-state index in [1.165, 1.54) is 31.0 Å². The van der Waals surface area contributed by atoms with Gasteiger partial charge in [0.1, 0.15) is 46.4 Å². The van der Waals surface area contributed by atoms with Crippen molar-refractivity contribution in [2.75, 3.05) is 11.5 Å². The summed E-state index contributed by atoms with van der Waals surface area (Å²) in [4.78, 5) is 52.0. The molecule has 0 saturated carbocycles. The van der Waals surface area contributed by atoms with E-state index in [1.807, 2.05) is 84.3 Å². The van der Waals surface area contributed by atoms with Crippen LogP contribution < -0.4 is 22.3 Å². The van der Waals surface area contributed by atoms with E-state index in [-0.39, 0.29) is 22.5 Å². The molecule has 0 aliphatic carbocycles. The summed E-state index contributed by atoms with van der Waals surface area (Å²) in [5.74, 6) is 0.794. The van der Waals surface area contributed by atoms with Crippen molar-refractivity contribution >= 4 is 90.3 Å². The number of fused-ring (bicyclic) bond motifs is 4. The first-order chi connectivity index (χ1) is 30.5. The largest absolute Gasteiger partial charge is 0.383 e. The monoisotopic (exact) mass is 890 g/mol. The van der Waals surface area contributed by atoms with Crippen LogP contribution in [0.3, 0.4) is 0 Å². The second kappa shape index (κ2) is 18.4. The van der Waals surface area contributed by atoms with Gasteiger partial charge >= 0.3 is 0 Å². The Hall–Kier alpha value is -7.25. The number of halogens is 3. The zero-order valence-corrected chi connectivity index (χ0v) is 36.1. The number of alkyl halides is 1. The van der Waals surface area contributed by atoms with E-state index in [0.29, 0.717) is 44.5 Å². The first kappa shape index (κ1) is 42.4. The number of nitrogens with zero attached hydrogens (tertiary/aromatic N) is 7. The lowest BCUT2D eigenvalue weighted by Gasteiger charge is -2.16. The molecule has 5 N–H and O–H groups in total. The number of anilines is 2. The molecule has 12 nitrogen and oxygen atoms in total. The molecule has 0 bridgehead atoms. The molecule has 4 aromatic carbocycles. The summed E-state index contributed by atoms with van der Waals surface area (Å²) in [6, 6.07) is 34.7. The summed E-state index contributed by atoms with van der Waals surface area (Å²) in [6.07, 6.45) is 5.92. The lowest BCUT2D eigenvalue weighted by Crippen LogP contribution is -2.13. The standard InChI is InChI=1S/C24H18ClN5O.C17H13Cl2N.C7H6N4O/c1-14-5-4-6-15-11-16(22(29-21(14)15)17-7-2-3-8-18(17)25)12-30-10-9-19(31)20-23(26)27-13-28-24(20)30;1-11-5-4-6-12-9-13(10-18)17(20-16(11)12)14-7-2-3-8-15(14)19;8-6-5-4(12)1-2-9-7(5)11-3-10-6/h2-11,13H,12H2,1H3,(H2,26,27,28);2-9H,10H2,1H3;1-3H,(H3,8,9,10,11,12). The van der Waals surface area contributed by atoms with Gasteiger partial charge in [-0.1, -0.05) is 96.0 Å². The number of hydrogen-bond acceptors (Lipinski definition) is 10. The van der Waals surface area contributed by atoms with Crippen LogP contribution in [0.5, 0.6) is 0 Å². The van der Waals surface area contributed by atoms with Crippen molar-refractivity contribution in [2.24, 2.45) is 0 Å². The van der Waals surface area contributed by atoms with E-state index in [2.05, 4.69) is 56.1 Å². The predicted octanol–water partition coefficient (Wildman–Crippen LogP) is 10.1. The molecular weight excluding hydrogens is 855 g/mol. The number of rotatable bonds is 5. The summed E-state index contributed by atoms with van der Waals surface area (Å²) in [5, 5.41) is 4.12. The van der Waals surface area contributed by atoms with Crippen molar-refractivity contribution in [1.29, 1.82) is 0 Å². The number of para-hydroxylation sites is 2. The Kier molecular flexibility index (Phi) is 12.4. The number of nitrogens with one attached hydrogen (secondary N) is 1. The highest BCUT2D eigenvalue weighted by molar-refractivity contribution is 6.33. The van der Waals surface area contributed by atoms with Crippen molar-refractivity contribution in [3.63, 3.8) is 0 Å². The first-order valence-electron chi connectivity index (χ1n) is 19.5. The smallest absolute Gasteiger partial charge is 0.194 e. The normalized spacial score (nSPS) is 11.0. The predicted molar refractivity (Wildman–Crippen MR) is 255 cm³/mol. The molecule has 0 amide bonds. The summed E-state index contributed by atoms with van der Waals surface area (Å²) < 4.78 is 1.88. The highest BCUT2D eigenvalue weighted by Gasteiger charge is 2.16. The van der Waals surface area contributed by atoms with Crippen molar-refractivity contribution in [1.82, 2.24) is 39.5 Å². The van der Waals surface area contributed by atoms with Crippen molar-refractivity contribution in [3.8, 4) is 22.5 Å². The summed E-state index contributed by atoms with van der Waals surface area (Å²) >= 11 is 18.9. The maximum atomic E-state index is 12.3. The van der Waals surface area contributed by atoms with Crippen LogP contribution in [0.4, 0.5) is 11.6 Å². The van der Waals surface area contributed by atoms with Gasteiger partial charge in [-0.25, -0.2) is 29.9 Å². The number of benzene rings is 4. The van der Waals surface area contributed by atoms with E-state index < -0.39 is 0 Å². The molecule has 6 heterocycles. The fraction of sp³-hybridized carbons (Fsp3) is 0.0833. The number of aryl methyl sites for hydroxylation is 2. The SMILES string of the molecule is Cc1cccc2cc(CCl)c(-c3ccccc3Cl)nc12.Cc1cccc2cc(Cn3ccc(=O)c4c(N)ncnc43)c(-c3ccccc3Cl)nc12.Nc1ncnc2[nH]ccc(=O)c12. The minimum absolute atomic E-state index is 0.165. The van der Waals surface area contributed by atoms with Crippen molar-refractivity contribution < 1.29 is 0 Å². The Morgan fingerprint density at radius 3 is 1.75 bits per heavy atom. The van der Waals surface area contributed by atoms with Crippen LogP contribution in [0.15, 0.2) is 144 Å². The molecule has 0 spiro atoms. The van der Waals surface area contributed by atoms with Gasteiger partial charge in [0.05, 0.1) is 29.0 Å². The van der Waals surface area contributed by atoms with E-state index in [4.69, 9.17) is 56.2 Å². The molecule has 10 aromatic rings. The Morgan fingerprint density at radius 2 is 1.16 bits per heavy atom. The number of aromatic amines is 1. The molecule has 63 heavy (non-hydrogen) atoms. The molecule has 0 aliphatic heterocycles. The number of nitrogens with two attached hydrogens (primary N) is 2. The zero-order valence-electron chi connectivity index (χ0n) is 33.9. The lowest BCUT2D eigenvalue weighted by atomic mass is 10.0. The number of aromatic nitrogens is 8. The summed E-state index contributed by atoms with van der Waals surface area (Å²) in [5.41, 5.74) is 21.6. The Balaban J connectivity index is 0.000000145. The van der Waals surface area contributed by atoms with Gasteiger partial charge in [-0.3, -0.25) is 9.59 Å². The Labute approximate surface area is 375 Å². The average Bonchev–Trinajstić information content (AvgIpc) is 3.28. The van der Waals surface area contributed by atoms with Gasteiger partial charge in [0.15, 0.2) is 10.9 Å². The van der Waals surface area contributed by atoms with Gasteiger partial charge in [-0.05, 0) is 60.4 Å². The number of nitrogen functional groups attached to an aromatic ring is 2. The molecule has 0 saturated heterocycles. The number of H-pyrrole nitrogens is 1. The van der Waals surface area contributed by atoms with Crippen LogP contribution in [0.2, 0.25) is 10.0 Å². The Bertz CT molecular complexity index is 3460. The van der Waals surface area contributed by atoms with Crippen LogP contribution in [0.25, 0.3) is 66.4 Å². The first-order valence-corrected chi connectivity index (χ1v) is 20.8. The highest BCUT2D eigenvalue weighted by Crippen LogP contribution is 2.34. The van der Waals surface area contributed by atoms with E-state index in [1.54, 1.807) is 6.20 Å². The molecule has 0 unspecified atom stereocenters. The van der Waals surface area contributed by atoms with Gasteiger partial charge in [0.2, 0.25) is 0 Å². The fourth-order valence-corrected chi connectivity index (χ4v) is 7.93. The van der Waals surface area contributed by atoms with Crippen LogP contribution in [-0.2, 0) is 12.4 Å². The molecule has 10 rings (SSSR count). The van der Waals surface area contributed by atoms with E-state index in [0.717, 1.165) is 66.6 Å². The average molecular weight is 892 g/mol. The van der Waals surface area contributed by atoms with Gasteiger partial charge in [0, 0.05) is 62.4 Å². The number of pyridine rings is 4. The molecular formula is C48H37Cl3N10O2. The Morgan fingerprint density at radius 1 is 0.619 bits per heavy atom. The van der Waals surface area contributed by atoms with E-state index >= 15 is 0 Å². The van der Waals surface area contributed by atoms with Crippen LogP contribution in [-0.4, -0.2) is 39.5 Å². The third kappa shape index (κ3) is 8.78. The third-order valence-electron chi connectivity index (χ3n) is 10.4. The zero-order chi connectivity index (χ0) is 44.2. The lowest BCUT2D eigenvalue weighted by molar-refractivity contribution is 0.810. The molecule has 0 aliphatic rings. The molecule has 0 atom stereocenters. The quantitative estimate of drug-likeness (QED) is 0.141. The van der Waals surface area contributed by atoms with Gasteiger partial charge < -0.3 is 21.0 Å². The minimum Gasteiger partial charge on any atom is -0.383 e. The molecule has 0 radical (unpaired) electrons. The van der Waals surface area contributed by atoms with Gasteiger partial charge in [0.25, 0.3) is 0 Å². The second-order valence-corrected chi connectivity index (χ2v) is 15.6. The highest BCUT2D eigenvalue weighted by atomic mass is 35.5. The van der Waals surface area contributed by atoms with Crippen molar-refractivity contribution in [3.05, 3.63) is 187 Å². The minimum atomic E-state index is -0.206. The van der Waals surface area contributed by atoms with E-state index in [9.17, 15) is 9.59 Å². The molecule has 6 aromatic heterocycles. The third-order valence-corrected chi connectivity index (χ3v) is 11.3. The van der Waals surface area contributed by atoms with Crippen LogP contribution in [0, 0.1) is 13.8 Å². The molecule has 312 valence electrons. The molecule has 0 fully saturated rings.